The van der Waals surface area contributed by atoms with E-state index in [1.54, 1.807) is 25.5 Å². The molecule has 4 atom stereocenters. The number of rotatable bonds is 9. The van der Waals surface area contributed by atoms with Gasteiger partial charge in [-0.25, -0.2) is 24.5 Å². The Balaban J connectivity index is 1.75. The largest absolute Gasteiger partial charge is 0.408 e. The molecule has 3 heterocycles. The molecule has 4 N–H and O–H groups in total. The minimum absolute atomic E-state index is 0.0821. The number of carbonyl (C=O) groups excluding carboxylic acids is 2. The molecule has 13 nitrogen and oxygen atoms in total. The first-order chi connectivity index (χ1) is 21.3. The second-order valence-electron chi connectivity index (χ2n) is 14.7. The maximum Gasteiger partial charge on any atom is 0.324 e. The summed E-state index contributed by atoms with van der Waals surface area (Å²) in [5.41, 5.74) is 1.50. The van der Waals surface area contributed by atoms with Crippen molar-refractivity contribution in [3.05, 3.63) is 43.0 Å². The van der Waals surface area contributed by atoms with Crippen LogP contribution in [0.15, 0.2) is 43.0 Å². The van der Waals surface area contributed by atoms with Gasteiger partial charge in [0.1, 0.15) is 24.6 Å². The van der Waals surface area contributed by atoms with Crippen LogP contribution in [0.1, 0.15) is 47.8 Å². The van der Waals surface area contributed by atoms with Gasteiger partial charge in [-0.3, -0.25) is 9.88 Å². The Morgan fingerprint density at radius 2 is 1.48 bits per heavy atom. The smallest absolute Gasteiger partial charge is 0.324 e. The van der Waals surface area contributed by atoms with Crippen molar-refractivity contribution in [1.82, 2.24) is 30.2 Å². The van der Waals surface area contributed by atoms with E-state index in [2.05, 4.69) is 104 Å². The third-order valence-corrected chi connectivity index (χ3v) is 18.3. The van der Waals surface area contributed by atoms with Crippen LogP contribution in [0.4, 0.5) is 21.1 Å². The number of nitrogens with one attached hydrogen (secondary N) is 4. The van der Waals surface area contributed by atoms with Crippen molar-refractivity contribution in [3.8, 4) is 0 Å². The van der Waals surface area contributed by atoms with Gasteiger partial charge in [-0.1, -0.05) is 59.7 Å². The van der Waals surface area contributed by atoms with Crippen LogP contribution in [0.2, 0.25) is 36.3 Å². The summed E-state index contributed by atoms with van der Waals surface area (Å²) in [6, 6.07) is 8.36. The summed E-state index contributed by atoms with van der Waals surface area (Å²) in [5, 5.41) is 10.9. The molecule has 15 heteroatoms. The van der Waals surface area contributed by atoms with Gasteiger partial charge in [0.2, 0.25) is 0 Å². The number of fused-ring (bicyclic) bond motifs is 1. The quantitative estimate of drug-likeness (QED) is 0.200. The van der Waals surface area contributed by atoms with E-state index in [1.807, 2.05) is 22.8 Å². The van der Waals surface area contributed by atoms with Crippen LogP contribution >= 0.6 is 0 Å². The summed E-state index contributed by atoms with van der Waals surface area (Å²) in [6.07, 6.45) is 0.754. The number of nitrogens with zero attached hydrogens (tertiary/aromatic N) is 4. The number of amides is 4. The van der Waals surface area contributed by atoms with Crippen molar-refractivity contribution in [2.75, 3.05) is 24.2 Å². The van der Waals surface area contributed by atoms with E-state index in [0.29, 0.717) is 16.9 Å². The zero-order valence-corrected chi connectivity index (χ0v) is 30.9. The molecule has 1 aliphatic rings. The van der Waals surface area contributed by atoms with Crippen molar-refractivity contribution in [1.29, 1.82) is 0 Å². The SMILES string of the molecule is CNC(=O)NC[C@H]1O[C@@H](n2cnc3c(NC(=O)Nc4ccccc4)ncnc32)C(O[Si](C)(C)C(C)(C)C)[C@H]1O[Si](C)(C)C(C)(C)C. The molecule has 3 aromatic rings. The van der Waals surface area contributed by atoms with Gasteiger partial charge in [0, 0.05) is 19.3 Å². The molecule has 0 spiro atoms. The predicted octanol–water partition coefficient (Wildman–Crippen LogP) is 6.08. The lowest BCUT2D eigenvalue weighted by Gasteiger charge is -2.44. The molecule has 4 amide bonds. The molecular weight excluding hydrogens is 621 g/mol. The molecule has 1 aliphatic heterocycles. The Hall–Kier alpha value is -3.38. The number of urea groups is 2. The average molecular weight is 671 g/mol. The summed E-state index contributed by atoms with van der Waals surface area (Å²) in [4.78, 5) is 38.6. The van der Waals surface area contributed by atoms with Crippen LogP contribution in [0, 0.1) is 0 Å². The zero-order chi connectivity index (χ0) is 34.1. The van der Waals surface area contributed by atoms with E-state index >= 15 is 0 Å². The topological polar surface area (TPSA) is 154 Å². The van der Waals surface area contributed by atoms with E-state index < -0.39 is 47.2 Å². The van der Waals surface area contributed by atoms with Crippen molar-refractivity contribution in [2.45, 2.75) is 102 Å². The Morgan fingerprint density at radius 3 is 2.07 bits per heavy atom. The third-order valence-electron chi connectivity index (χ3n) is 9.35. The lowest BCUT2D eigenvalue weighted by molar-refractivity contribution is -0.0301. The van der Waals surface area contributed by atoms with Crippen LogP contribution in [0.25, 0.3) is 11.2 Å². The molecule has 1 fully saturated rings. The highest BCUT2D eigenvalue weighted by atomic mass is 28.4. The fourth-order valence-corrected chi connectivity index (χ4v) is 7.21. The number of hydrogen-bond acceptors (Lipinski definition) is 8. The molecule has 2 aromatic heterocycles. The van der Waals surface area contributed by atoms with Crippen molar-refractivity contribution >= 4 is 51.4 Å². The average Bonchev–Trinajstić information content (AvgIpc) is 3.52. The second kappa shape index (κ2) is 13.4. The number of anilines is 2. The summed E-state index contributed by atoms with van der Waals surface area (Å²) in [7, 11) is -3.15. The van der Waals surface area contributed by atoms with Gasteiger partial charge in [-0.05, 0) is 48.4 Å². The summed E-state index contributed by atoms with van der Waals surface area (Å²) in [5.74, 6) is 0.254. The fraction of sp³-hybridized carbons (Fsp3) is 0.581. The molecule has 252 valence electrons. The standard InChI is InChI=1S/C31H50N8O5Si2/c1-30(2,3)45(8,9)43-23-21(17-33-28(40)32-7)42-27(24(23)44-46(10,11)31(4,5)6)39-19-36-22-25(34-18-35-26(22)39)38-29(41)37-20-15-13-12-14-16-20/h12-16,18-19,21,23-24,27H,17H2,1-11H3,(H2,32,33,40)(H2,34,35,37,38,41)/t21-,23+,24?,27-/m1/s1. The summed E-state index contributed by atoms with van der Waals surface area (Å²) in [6.45, 7) is 22.2. The highest BCUT2D eigenvalue weighted by molar-refractivity contribution is 6.74. The zero-order valence-electron chi connectivity index (χ0n) is 28.9. The number of para-hydroxylation sites is 1. The molecule has 1 unspecified atom stereocenters. The molecular formula is C31H50N8O5Si2. The predicted molar refractivity (Wildman–Crippen MR) is 185 cm³/mol. The monoisotopic (exact) mass is 670 g/mol. The number of ether oxygens (including phenoxy) is 1. The molecule has 0 aliphatic carbocycles. The van der Waals surface area contributed by atoms with Crippen LogP contribution in [0.3, 0.4) is 0 Å². The van der Waals surface area contributed by atoms with Crippen molar-refractivity contribution in [2.24, 2.45) is 0 Å². The van der Waals surface area contributed by atoms with Gasteiger partial charge < -0.3 is 29.5 Å². The van der Waals surface area contributed by atoms with Crippen LogP contribution in [-0.4, -0.2) is 80.1 Å². The number of imidazole rings is 1. The van der Waals surface area contributed by atoms with Crippen LogP contribution < -0.4 is 21.3 Å². The number of hydrogen-bond donors (Lipinski definition) is 4. The van der Waals surface area contributed by atoms with E-state index in [0.717, 1.165) is 0 Å². The fourth-order valence-electron chi connectivity index (χ4n) is 4.60. The van der Waals surface area contributed by atoms with E-state index in [1.165, 1.54) is 6.33 Å². The molecule has 0 saturated carbocycles. The van der Waals surface area contributed by atoms with E-state index in [9.17, 15) is 9.59 Å². The van der Waals surface area contributed by atoms with Crippen LogP contribution in [-0.2, 0) is 13.6 Å². The molecule has 1 aromatic carbocycles. The maximum absolute atomic E-state index is 12.8. The number of carbonyl (C=O) groups is 2. The van der Waals surface area contributed by atoms with Crippen LogP contribution in [0.5, 0.6) is 0 Å². The normalized spacial score (nSPS) is 20.8. The summed E-state index contributed by atoms with van der Waals surface area (Å²) < 4.78 is 22.8. The first kappa shape index (κ1) is 35.5. The second-order valence-corrected chi connectivity index (χ2v) is 24.2. The Bertz CT molecular complexity index is 1520. The minimum Gasteiger partial charge on any atom is -0.408 e. The minimum atomic E-state index is -2.38. The highest BCUT2D eigenvalue weighted by Crippen LogP contribution is 2.46. The number of benzene rings is 1. The molecule has 0 radical (unpaired) electrons. The highest BCUT2D eigenvalue weighted by Gasteiger charge is 2.54. The summed E-state index contributed by atoms with van der Waals surface area (Å²) >= 11 is 0. The number of aromatic nitrogens is 4. The molecule has 0 bridgehead atoms. The molecule has 1 saturated heterocycles. The van der Waals surface area contributed by atoms with Crippen molar-refractivity contribution < 1.29 is 23.2 Å². The van der Waals surface area contributed by atoms with Gasteiger partial charge in [-0.2, -0.15) is 0 Å². The first-order valence-electron chi connectivity index (χ1n) is 15.6. The first-order valence-corrected chi connectivity index (χ1v) is 21.4. The maximum atomic E-state index is 12.8. The Kier molecular flexibility index (Phi) is 10.3. The Labute approximate surface area is 273 Å². The Morgan fingerprint density at radius 1 is 0.870 bits per heavy atom. The third kappa shape index (κ3) is 7.77. The molecule has 4 rings (SSSR count). The lowest BCUT2D eigenvalue weighted by Crippen LogP contribution is -2.54. The van der Waals surface area contributed by atoms with Gasteiger partial charge in [-0.15, -0.1) is 0 Å². The van der Waals surface area contributed by atoms with Crippen molar-refractivity contribution in [3.63, 3.8) is 0 Å². The van der Waals surface area contributed by atoms with E-state index in [-0.39, 0.29) is 28.5 Å². The lowest BCUT2D eigenvalue weighted by atomic mass is 10.1. The molecule has 46 heavy (non-hydrogen) atoms. The van der Waals surface area contributed by atoms with Gasteiger partial charge in [0.15, 0.2) is 39.8 Å². The van der Waals surface area contributed by atoms with Gasteiger partial charge in [0.25, 0.3) is 0 Å². The van der Waals surface area contributed by atoms with E-state index in [4.69, 9.17) is 13.6 Å². The van der Waals surface area contributed by atoms with Gasteiger partial charge >= 0.3 is 12.1 Å². The van der Waals surface area contributed by atoms with Gasteiger partial charge in [0.05, 0.1) is 6.33 Å².